The highest BCUT2D eigenvalue weighted by Crippen LogP contribution is 2.42. The van der Waals surface area contributed by atoms with Crippen molar-refractivity contribution in [3.05, 3.63) is 0 Å². The van der Waals surface area contributed by atoms with Crippen molar-refractivity contribution in [2.45, 2.75) is 154 Å². The van der Waals surface area contributed by atoms with Crippen LogP contribution in [0.1, 0.15) is 137 Å². The molecule has 6 nitrogen and oxygen atoms in total. The van der Waals surface area contributed by atoms with Gasteiger partial charge in [-0.1, -0.05) is 111 Å². The van der Waals surface area contributed by atoms with Gasteiger partial charge in [0.2, 0.25) is 0 Å². The highest BCUT2D eigenvalue weighted by atomic mass is 32.2. The predicted molar refractivity (Wildman–Crippen MR) is 153 cm³/mol. The van der Waals surface area contributed by atoms with Crippen molar-refractivity contribution >= 4 is 25.8 Å². The monoisotopic (exact) mass is 551 g/mol. The van der Waals surface area contributed by atoms with Gasteiger partial charge in [-0.25, -0.2) is 4.79 Å². The molecule has 0 bridgehead atoms. The van der Waals surface area contributed by atoms with Crippen molar-refractivity contribution in [3.8, 4) is 0 Å². The van der Waals surface area contributed by atoms with E-state index in [-0.39, 0.29) is 11.9 Å². The standard InChI is InChI=1S/C28H56O6PS/c1-6-9-11-13-15-16-17-19-21-24-36-26(22-20-18-14-12-10-7-2)25(4)34-28(30,27(29)32-5)35(31)33-23-8-3/h25-26,30H,6-24H2,1-5H3/q+1. The van der Waals surface area contributed by atoms with Gasteiger partial charge in [-0.2, -0.15) is 11.8 Å². The summed E-state index contributed by atoms with van der Waals surface area (Å²) in [6, 6.07) is 0. The highest BCUT2D eigenvalue weighted by Gasteiger charge is 2.62. The van der Waals surface area contributed by atoms with E-state index in [1.807, 2.05) is 25.6 Å². The van der Waals surface area contributed by atoms with Gasteiger partial charge in [0.25, 0.3) is 0 Å². The molecule has 0 radical (unpaired) electrons. The molecular formula is C28H56O6PS+. The van der Waals surface area contributed by atoms with Gasteiger partial charge in [-0.3, -0.25) is 4.74 Å². The minimum absolute atomic E-state index is 0.0935. The van der Waals surface area contributed by atoms with Gasteiger partial charge in [0.15, 0.2) is 0 Å². The predicted octanol–water partition coefficient (Wildman–Crippen LogP) is 8.76. The molecule has 1 N–H and O–H groups in total. The van der Waals surface area contributed by atoms with Crippen LogP contribution >= 0.6 is 19.8 Å². The zero-order valence-corrected chi connectivity index (χ0v) is 25.6. The lowest BCUT2D eigenvalue weighted by Crippen LogP contribution is -2.44. The first-order valence-corrected chi connectivity index (χ1v) is 16.8. The molecule has 0 heterocycles. The number of aliphatic hydroxyl groups is 1. The van der Waals surface area contributed by atoms with E-state index in [0.717, 1.165) is 38.5 Å². The van der Waals surface area contributed by atoms with Crippen LogP contribution in [0.5, 0.6) is 0 Å². The topological polar surface area (TPSA) is 82.1 Å². The third kappa shape index (κ3) is 16.6. The lowest BCUT2D eigenvalue weighted by Gasteiger charge is -2.26. The summed E-state index contributed by atoms with van der Waals surface area (Å²) in [5, 5.41) is 11.0. The first-order chi connectivity index (χ1) is 17.4. The fourth-order valence-corrected chi connectivity index (χ4v) is 6.47. The molecule has 0 aliphatic rings. The number of methoxy groups -OCH3 is 1. The number of esters is 1. The largest absolute Gasteiger partial charge is 0.589 e. The fourth-order valence-electron chi connectivity index (χ4n) is 4.12. The minimum atomic E-state index is -2.79. The maximum absolute atomic E-state index is 12.6. The molecule has 0 saturated heterocycles. The summed E-state index contributed by atoms with van der Waals surface area (Å²) in [6.07, 6.45) is 19.9. The molecule has 0 rings (SSSR count). The maximum Gasteiger partial charge on any atom is 0.589 e. The SMILES string of the molecule is CCCCCCCCCCCSC(CCCCCCCC)C(C)OC(O)(C(=O)OC)[P+](=O)OCCC. The van der Waals surface area contributed by atoms with E-state index < -0.39 is 25.6 Å². The third-order valence-corrected chi connectivity index (χ3v) is 9.18. The van der Waals surface area contributed by atoms with Gasteiger partial charge in [0.1, 0.15) is 6.61 Å². The molecule has 0 amide bonds. The summed E-state index contributed by atoms with van der Waals surface area (Å²) in [5.74, 6) is -0.0621. The van der Waals surface area contributed by atoms with E-state index in [4.69, 9.17) is 14.0 Å². The number of hydrogen-bond acceptors (Lipinski definition) is 7. The molecule has 4 unspecified atom stereocenters. The highest BCUT2D eigenvalue weighted by molar-refractivity contribution is 7.99. The Hall–Kier alpha value is -0.200. The second kappa shape index (κ2) is 23.9. The zero-order chi connectivity index (χ0) is 27.1. The van der Waals surface area contributed by atoms with Crippen molar-refractivity contribution < 1.29 is 28.5 Å². The number of unbranched alkanes of at least 4 members (excludes halogenated alkanes) is 13. The van der Waals surface area contributed by atoms with Crippen LogP contribution in [0, 0.1) is 0 Å². The van der Waals surface area contributed by atoms with Gasteiger partial charge in [0, 0.05) is 5.25 Å². The Balaban J connectivity index is 4.83. The lowest BCUT2D eigenvalue weighted by atomic mass is 10.1. The van der Waals surface area contributed by atoms with Crippen LogP contribution in [0.25, 0.3) is 0 Å². The quantitative estimate of drug-likeness (QED) is 0.0498. The molecule has 0 saturated carbocycles. The lowest BCUT2D eigenvalue weighted by molar-refractivity contribution is -0.206. The number of rotatable bonds is 26. The number of carbonyl (C=O) groups is 1. The van der Waals surface area contributed by atoms with Crippen LogP contribution in [-0.2, 0) is 23.4 Å². The molecule has 0 aromatic carbocycles. The van der Waals surface area contributed by atoms with Crippen molar-refractivity contribution in [2.24, 2.45) is 0 Å². The van der Waals surface area contributed by atoms with Crippen LogP contribution in [0.3, 0.4) is 0 Å². The Kier molecular flexibility index (Phi) is 23.8. The van der Waals surface area contributed by atoms with E-state index >= 15 is 0 Å². The zero-order valence-electron chi connectivity index (χ0n) is 23.9. The summed E-state index contributed by atoms with van der Waals surface area (Å²) in [4.78, 5) is 12.3. The van der Waals surface area contributed by atoms with Gasteiger partial charge < -0.3 is 9.84 Å². The van der Waals surface area contributed by atoms with E-state index in [9.17, 15) is 14.5 Å². The van der Waals surface area contributed by atoms with Crippen molar-refractivity contribution in [1.82, 2.24) is 0 Å². The fraction of sp³-hybridized carbons (Fsp3) is 0.964. The van der Waals surface area contributed by atoms with Gasteiger partial charge in [0.05, 0.1) is 13.2 Å². The van der Waals surface area contributed by atoms with Gasteiger partial charge in [-0.05, 0) is 36.5 Å². The molecule has 0 fully saturated rings. The van der Waals surface area contributed by atoms with Crippen LogP contribution in [0.4, 0.5) is 0 Å². The molecule has 8 heteroatoms. The van der Waals surface area contributed by atoms with E-state index in [1.165, 1.54) is 77.0 Å². The summed E-state index contributed by atoms with van der Waals surface area (Å²) >= 11 is 1.84. The van der Waals surface area contributed by atoms with Crippen LogP contribution < -0.4 is 0 Å². The Labute approximate surface area is 227 Å². The molecule has 0 spiro atoms. The number of ether oxygens (including phenoxy) is 2. The van der Waals surface area contributed by atoms with Crippen molar-refractivity contribution in [3.63, 3.8) is 0 Å². The molecule has 0 aromatic rings. The van der Waals surface area contributed by atoms with Crippen LogP contribution in [0.2, 0.25) is 0 Å². The minimum Gasteiger partial charge on any atom is -0.461 e. The first kappa shape index (κ1) is 35.8. The summed E-state index contributed by atoms with van der Waals surface area (Å²) < 4.78 is 28.3. The van der Waals surface area contributed by atoms with Gasteiger partial charge in [-0.15, -0.1) is 4.52 Å². The van der Waals surface area contributed by atoms with Gasteiger partial charge >= 0.3 is 19.5 Å². The average molecular weight is 552 g/mol. The number of carbonyl (C=O) groups excluding carboxylic acids is 1. The van der Waals surface area contributed by atoms with Crippen molar-refractivity contribution in [1.29, 1.82) is 0 Å². The normalized spacial score (nSPS) is 15.3. The molecule has 214 valence electrons. The Morgan fingerprint density at radius 1 is 0.833 bits per heavy atom. The maximum atomic E-state index is 12.6. The first-order valence-electron chi connectivity index (χ1n) is 14.6. The van der Waals surface area contributed by atoms with E-state index in [2.05, 4.69) is 13.8 Å². The third-order valence-electron chi connectivity index (χ3n) is 6.41. The molecule has 0 aliphatic heterocycles. The molecule has 4 atom stereocenters. The molecule has 36 heavy (non-hydrogen) atoms. The average Bonchev–Trinajstić information content (AvgIpc) is 2.88. The number of hydrogen-bond donors (Lipinski definition) is 1. The van der Waals surface area contributed by atoms with E-state index in [1.54, 1.807) is 0 Å². The summed E-state index contributed by atoms with van der Waals surface area (Å²) in [6.45, 7) is 8.35. The van der Waals surface area contributed by atoms with Crippen molar-refractivity contribution in [2.75, 3.05) is 19.5 Å². The summed E-state index contributed by atoms with van der Waals surface area (Å²) in [7, 11) is -1.64. The number of thioether (sulfide) groups is 1. The van der Waals surface area contributed by atoms with E-state index in [0.29, 0.717) is 6.42 Å². The molecule has 0 aliphatic carbocycles. The molecule has 0 aromatic heterocycles. The second-order valence-corrected chi connectivity index (χ2v) is 12.5. The Bertz CT molecular complexity index is 550. The van der Waals surface area contributed by atoms with Crippen LogP contribution in [-0.4, -0.2) is 47.4 Å². The molecular weight excluding hydrogens is 495 g/mol. The van der Waals surface area contributed by atoms with Crippen LogP contribution in [0.15, 0.2) is 0 Å². The summed E-state index contributed by atoms with van der Waals surface area (Å²) in [5.41, 5.74) is -2.59. The smallest absolute Gasteiger partial charge is 0.461 e. The Morgan fingerprint density at radius 2 is 1.33 bits per heavy atom. The Morgan fingerprint density at radius 3 is 1.83 bits per heavy atom. The second-order valence-electron chi connectivity index (χ2n) is 9.81.